The number of Topliss-reactive ketones (excluding diaryl/α,β-unsaturated/α-hetero) is 2. The molecule has 24 nitrogen and oxygen atoms in total. The van der Waals surface area contributed by atoms with Gasteiger partial charge in [-0.05, 0) is 165 Å². The van der Waals surface area contributed by atoms with Crippen molar-refractivity contribution in [3.8, 4) is 0 Å². The standard InChI is InChI=1S/C16H19F3N2O4.C15H17F3N2O5.C13H15F3N2O3.C7H3F4NO2.C6H13NO.C3H5BrO/c1-10(22)9-25-13-5-2-11(3-6-13)20-12-4-7-15(21(23)24)14(8-12)16(17,18)19;16-15(17,18)12-7-10(3-6-13(12)20(23)24)19-9-1-4-11(5-2-9)25-8-14(21)22;14-13(15,16)11-7-9(3-6-12(11)18(20)21)17-8-1-4-10(19)5-2-8;8-4-1-2-6(12(13)14)5(3-4)7(9,10)11;7-5-1-3-6(8)4-2-5;1-3(5)2-4/h4,7-8,11,13,20H,2-3,5-6,9H2,1H3;3,6-7,9,11,19H,1-2,4-5,8H2,(H,21,22);3,6-8,10,17,19H,1-2,4-5H2;1-3H;5-6,8H,1-4,7H2;2H2,1H3. The number of nitrogens with one attached hydrogen (secondary N) is 3. The molecule has 38 heteroatoms. The Labute approximate surface area is 558 Å². The first kappa shape index (κ1) is 84.3. The Hall–Kier alpha value is -7.94. The minimum Gasteiger partial charge on any atom is -0.480 e. The van der Waals surface area contributed by atoms with Crippen LogP contribution in [0.3, 0.4) is 0 Å². The Balaban J connectivity index is 0.000000324. The van der Waals surface area contributed by atoms with Gasteiger partial charge in [0.05, 0.1) is 49.4 Å². The van der Waals surface area contributed by atoms with Gasteiger partial charge >= 0.3 is 30.7 Å². The van der Waals surface area contributed by atoms with Gasteiger partial charge in [0.1, 0.15) is 47.1 Å². The fourth-order valence-electron chi connectivity index (χ4n) is 10.1. The highest BCUT2D eigenvalue weighted by atomic mass is 79.9. The molecule has 4 aliphatic rings. The summed E-state index contributed by atoms with van der Waals surface area (Å²) in [6.07, 6.45) is -8.50. The number of ether oxygens (including phenoxy) is 2. The second-order valence-electron chi connectivity index (χ2n) is 22.9. The first-order valence-corrected chi connectivity index (χ1v) is 31.1. The van der Waals surface area contributed by atoms with Crippen molar-refractivity contribution < 1.29 is 116 Å². The van der Waals surface area contributed by atoms with Gasteiger partial charge in [-0.1, -0.05) is 15.9 Å². The number of nitro groups is 4. The lowest BCUT2D eigenvalue weighted by atomic mass is 9.92. The van der Waals surface area contributed by atoms with Crippen molar-refractivity contribution in [2.45, 2.75) is 190 Å². The molecule has 546 valence electrons. The number of anilines is 3. The Bertz CT molecular complexity index is 3160. The molecule has 4 aromatic rings. The molecule has 0 aliphatic heterocycles. The van der Waals surface area contributed by atoms with Crippen molar-refractivity contribution in [1.29, 1.82) is 0 Å². The first-order valence-electron chi connectivity index (χ1n) is 30.0. The Morgan fingerprint density at radius 3 is 0.990 bits per heavy atom. The molecule has 0 aromatic heterocycles. The van der Waals surface area contributed by atoms with E-state index in [-0.39, 0.29) is 90.5 Å². The Morgan fingerprint density at radius 1 is 0.469 bits per heavy atom. The average Bonchev–Trinajstić information content (AvgIpc) is 0.834. The van der Waals surface area contributed by atoms with Crippen molar-refractivity contribution in [3.05, 3.63) is 141 Å². The zero-order chi connectivity index (χ0) is 74.0. The van der Waals surface area contributed by atoms with Gasteiger partial charge in [-0.3, -0.25) is 50.0 Å². The van der Waals surface area contributed by atoms with Crippen molar-refractivity contribution in [3.63, 3.8) is 0 Å². The Kier molecular flexibility index (Phi) is 33.5. The summed E-state index contributed by atoms with van der Waals surface area (Å²) in [7, 11) is 0. The van der Waals surface area contributed by atoms with Crippen LogP contribution in [0.1, 0.15) is 139 Å². The van der Waals surface area contributed by atoms with Crippen molar-refractivity contribution >= 4 is 73.3 Å². The maximum absolute atomic E-state index is 13.0. The largest absolute Gasteiger partial charge is 0.480 e. The summed E-state index contributed by atoms with van der Waals surface area (Å²) in [6, 6.07) is 10.0. The lowest BCUT2D eigenvalue weighted by Gasteiger charge is -2.29. The molecule has 4 aromatic carbocycles. The summed E-state index contributed by atoms with van der Waals surface area (Å²) >= 11 is 2.96. The van der Waals surface area contributed by atoms with E-state index in [0.717, 1.165) is 62.1 Å². The molecule has 0 spiro atoms. The van der Waals surface area contributed by atoms with Gasteiger partial charge in [-0.15, -0.1) is 0 Å². The van der Waals surface area contributed by atoms with Gasteiger partial charge in [0.2, 0.25) is 0 Å². The summed E-state index contributed by atoms with van der Waals surface area (Å²) in [4.78, 5) is 69.1. The van der Waals surface area contributed by atoms with E-state index in [2.05, 4.69) is 31.9 Å². The van der Waals surface area contributed by atoms with Gasteiger partial charge in [-0.25, -0.2) is 9.18 Å². The second kappa shape index (κ2) is 39.0. The number of carboxylic acids is 1. The third kappa shape index (κ3) is 30.4. The van der Waals surface area contributed by atoms with E-state index in [1.165, 1.54) is 32.0 Å². The van der Waals surface area contributed by atoms with Gasteiger partial charge < -0.3 is 46.5 Å². The van der Waals surface area contributed by atoms with E-state index in [9.17, 15) is 117 Å². The number of carboxylic acid groups (broad SMARTS) is 1. The Morgan fingerprint density at radius 2 is 0.735 bits per heavy atom. The number of rotatable bonds is 17. The fraction of sp³-hybridized carbons (Fsp3) is 0.550. The highest BCUT2D eigenvalue weighted by Gasteiger charge is 2.42. The highest BCUT2D eigenvalue weighted by molar-refractivity contribution is 9.09. The van der Waals surface area contributed by atoms with Crippen LogP contribution in [0.25, 0.3) is 0 Å². The lowest BCUT2D eigenvalue weighted by molar-refractivity contribution is -0.388. The number of alkyl halides is 13. The molecule has 8 rings (SSSR count). The van der Waals surface area contributed by atoms with Gasteiger partial charge in [0.25, 0.3) is 22.7 Å². The molecule has 0 bridgehead atoms. The molecular weight excluding hydrogens is 1420 g/mol. The van der Waals surface area contributed by atoms with E-state index in [1.807, 2.05) is 0 Å². The molecule has 0 atom stereocenters. The molecule has 8 N–H and O–H groups in total. The molecular formula is C60H72BrF13N8O16. The zero-order valence-corrected chi connectivity index (χ0v) is 53.9. The number of aliphatic carboxylic acids is 1. The van der Waals surface area contributed by atoms with E-state index in [4.69, 9.17) is 25.4 Å². The highest BCUT2D eigenvalue weighted by Crippen LogP contribution is 2.42. The molecule has 0 heterocycles. The maximum Gasteiger partial charge on any atom is 0.423 e. The molecule has 0 radical (unpaired) electrons. The van der Waals surface area contributed by atoms with Crippen LogP contribution >= 0.6 is 15.9 Å². The number of benzene rings is 4. The van der Waals surface area contributed by atoms with Gasteiger partial charge in [-0.2, -0.15) is 52.7 Å². The number of ketones is 2. The molecule has 98 heavy (non-hydrogen) atoms. The number of nitro benzene ring substituents is 4. The quantitative estimate of drug-likeness (QED) is 0.0223. The predicted octanol–water partition coefficient (Wildman–Crippen LogP) is 14.7. The number of aliphatic hydroxyl groups is 2. The smallest absolute Gasteiger partial charge is 0.423 e. The molecule has 4 fully saturated rings. The number of halogens is 14. The zero-order valence-electron chi connectivity index (χ0n) is 52.3. The summed E-state index contributed by atoms with van der Waals surface area (Å²) in [5.74, 6) is -2.09. The third-order valence-corrected chi connectivity index (χ3v) is 15.8. The normalized spacial score (nSPS) is 20.8. The van der Waals surface area contributed by atoms with Crippen LogP contribution in [0.2, 0.25) is 0 Å². The minimum atomic E-state index is -4.93. The fourth-order valence-corrected chi connectivity index (χ4v) is 10.1. The number of carbonyl (C=O) groups excluding carboxylic acids is 2. The van der Waals surface area contributed by atoms with Crippen molar-refractivity contribution in [1.82, 2.24) is 0 Å². The van der Waals surface area contributed by atoms with Crippen LogP contribution in [-0.2, 0) is 48.6 Å². The molecule has 0 unspecified atom stereocenters. The summed E-state index contributed by atoms with van der Waals surface area (Å²) in [5, 5.41) is 78.6. The second-order valence-corrected chi connectivity index (χ2v) is 23.4. The van der Waals surface area contributed by atoms with E-state index in [1.54, 1.807) is 0 Å². The van der Waals surface area contributed by atoms with E-state index >= 15 is 0 Å². The number of nitrogens with two attached hydrogens (primary N) is 1. The predicted molar refractivity (Wildman–Crippen MR) is 331 cm³/mol. The summed E-state index contributed by atoms with van der Waals surface area (Å²) in [6.45, 7) is 2.68. The van der Waals surface area contributed by atoms with Crippen LogP contribution in [0.15, 0.2) is 72.8 Å². The average molecular weight is 1490 g/mol. The minimum absolute atomic E-state index is 0.0236. The monoisotopic (exact) mass is 1490 g/mol. The maximum atomic E-state index is 13.0. The molecule has 0 amide bonds. The van der Waals surface area contributed by atoms with Crippen molar-refractivity contribution in [2.75, 3.05) is 34.5 Å². The van der Waals surface area contributed by atoms with Crippen LogP contribution < -0.4 is 21.7 Å². The van der Waals surface area contributed by atoms with Crippen LogP contribution in [0.4, 0.5) is 96.9 Å². The number of aliphatic hydroxyl groups excluding tert-OH is 2. The number of hydrogen-bond acceptors (Lipinski definition) is 19. The summed E-state index contributed by atoms with van der Waals surface area (Å²) < 4.78 is 176. The first-order chi connectivity index (χ1) is 45.5. The molecule has 0 saturated heterocycles. The molecule has 4 aliphatic carbocycles. The topological polar surface area (TPSA) is 365 Å². The van der Waals surface area contributed by atoms with E-state index in [0.29, 0.717) is 101 Å². The van der Waals surface area contributed by atoms with Gasteiger partial charge in [0.15, 0.2) is 5.78 Å². The van der Waals surface area contributed by atoms with Crippen molar-refractivity contribution in [2.24, 2.45) is 5.73 Å². The summed E-state index contributed by atoms with van der Waals surface area (Å²) in [5.41, 5.74) is -3.29. The molecule has 4 saturated carbocycles. The van der Waals surface area contributed by atoms with Crippen LogP contribution in [0.5, 0.6) is 0 Å². The van der Waals surface area contributed by atoms with E-state index < -0.39 is 101 Å². The number of carbonyl (C=O) groups is 3. The number of hydrogen-bond donors (Lipinski definition) is 7. The van der Waals surface area contributed by atoms with Crippen LogP contribution in [-0.4, -0.2) is 120 Å². The number of nitrogens with zero attached hydrogens (tertiary/aromatic N) is 4. The SMILES string of the molecule is CC(=O)CBr.CC(=O)COC1CCC(Nc2ccc([N+](=O)[O-])c(C(F)(F)F)c2)CC1.NC1CCC(O)CC1.O=C(O)COC1CCC(Nc2ccc([N+](=O)[O-])c(C(F)(F)F)c2)CC1.O=[N+]([O-])c1ccc(F)cc1C(F)(F)F.O=[N+]([O-])c1ccc(NC2CCC(O)CC2)cc1C(F)(F)F. The third-order valence-electron chi connectivity index (χ3n) is 15.0. The van der Waals surface area contributed by atoms with Crippen LogP contribution in [0, 0.1) is 46.3 Å². The van der Waals surface area contributed by atoms with Gasteiger partial charge in [0, 0.05) is 65.5 Å². The lowest BCUT2D eigenvalue weighted by Crippen LogP contribution is -2.30.